The number of rotatable bonds is 4. The van der Waals surface area contributed by atoms with Crippen LogP contribution in [0, 0.1) is 0 Å². The molecular weight excluding hydrogens is 304 g/mol. The predicted molar refractivity (Wildman–Crippen MR) is 91.3 cm³/mol. The van der Waals surface area contributed by atoms with Crippen molar-refractivity contribution in [1.82, 2.24) is 9.88 Å². The molecule has 2 aromatic rings. The number of pyridine rings is 1. The Morgan fingerprint density at radius 1 is 1.25 bits per heavy atom. The summed E-state index contributed by atoms with van der Waals surface area (Å²) in [6.07, 6.45) is 3.09. The van der Waals surface area contributed by atoms with Gasteiger partial charge in [-0.2, -0.15) is 0 Å². The zero-order chi connectivity index (χ0) is 16.9. The first-order valence-corrected chi connectivity index (χ1v) is 8.10. The lowest BCUT2D eigenvalue weighted by Crippen LogP contribution is -2.49. The molecule has 5 heteroatoms. The van der Waals surface area contributed by atoms with Gasteiger partial charge in [-0.25, -0.2) is 4.79 Å². The highest BCUT2D eigenvalue weighted by Gasteiger charge is 2.30. The number of aromatic nitrogens is 1. The monoisotopic (exact) mass is 326 g/mol. The van der Waals surface area contributed by atoms with Crippen molar-refractivity contribution < 1.29 is 14.3 Å². The molecule has 1 aromatic heterocycles. The highest BCUT2D eigenvalue weighted by Crippen LogP contribution is 2.21. The largest absolute Gasteiger partial charge is 0.467 e. The zero-order valence-corrected chi connectivity index (χ0v) is 14.0. The molecule has 1 aliphatic heterocycles. The van der Waals surface area contributed by atoms with E-state index in [1.54, 1.807) is 12.4 Å². The third-order valence-electron chi connectivity index (χ3n) is 4.15. The van der Waals surface area contributed by atoms with Crippen molar-refractivity contribution >= 4 is 5.97 Å². The predicted octanol–water partition coefficient (Wildman–Crippen LogP) is 2.51. The molecule has 24 heavy (non-hydrogen) atoms. The van der Waals surface area contributed by atoms with Crippen molar-refractivity contribution in [3.05, 3.63) is 54.4 Å². The van der Waals surface area contributed by atoms with Crippen LogP contribution in [0.25, 0.3) is 11.1 Å². The van der Waals surface area contributed by atoms with E-state index < -0.39 is 6.10 Å². The summed E-state index contributed by atoms with van der Waals surface area (Å²) >= 11 is 0. The van der Waals surface area contributed by atoms with E-state index in [1.165, 1.54) is 18.2 Å². The SMILES string of the molecule is COC(=O)[C@H]1CN(Cc2cccc(-c3ccncc3)c2)C[C@@H](C)O1. The normalized spacial score (nSPS) is 21.4. The molecule has 1 saturated heterocycles. The van der Waals surface area contributed by atoms with E-state index in [-0.39, 0.29) is 12.1 Å². The van der Waals surface area contributed by atoms with Gasteiger partial charge in [0.15, 0.2) is 6.10 Å². The minimum absolute atomic E-state index is 0.00577. The first kappa shape index (κ1) is 16.6. The fourth-order valence-electron chi connectivity index (χ4n) is 3.08. The minimum Gasteiger partial charge on any atom is -0.467 e. The van der Waals surface area contributed by atoms with E-state index in [1.807, 2.05) is 19.1 Å². The molecule has 1 aliphatic rings. The van der Waals surface area contributed by atoms with Crippen molar-refractivity contribution in [2.75, 3.05) is 20.2 Å². The van der Waals surface area contributed by atoms with Crippen LogP contribution >= 0.6 is 0 Å². The Bertz CT molecular complexity index is 690. The second-order valence-corrected chi connectivity index (χ2v) is 6.09. The lowest BCUT2D eigenvalue weighted by atomic mass is 10.0. The standard InChI is InChI=1S/C19H22N2O3/c1-14-11-21(13-18(24-14)19(22)23-2)12-15-4-3-5-17(10-15)16-6-8-20-9-7-16/h3-10,14,18H,11-13H2,1-2H3/t14-,18-/m1/s1. The maximum absolute atomic E-state index is 11.8. The highest BCUT2D eigenvalue weighted by molar-refractivity contribution is 5.75. The van der Waals surface area contributed by atoms with Crippen LogP contribution in [0.5, 0.6) is 0 Å². The van der Waals surface area contributed by atoms with Gasteiger partial charge >= 0.3 is 5.97 Å². The van der Waals surface area contributed by atoms with Gasteiger partial charge in [0, 0.05) is 32.0 Å². The van der Waals surface area contributed by atoms with Crippen LogP contribution in [0.4, 0.5) is 0 Å². The molecular formula is C19H22N2O3. The molecule has 0 N–H and O–H groups in total. The molecule has 1 fully saturated rings. The van der Waals surface area contributed by atoms with Crippen LogP contribution in [0.2, 0.25) is 0 Å². The number of morpholine rings is 1. The van der Waals surface area contributed by atoms with Crippen molar-refractivity contribution in [2.45, 2.75) is 25.7 Å². The molecule has 0 aliphatic carbocycles. The van der Waals surface area contributed by atoms with Gasteiger partial charge in [0.05, 0.1) is 13.2 Å². The lowest BCUT2D eigenvalue weighted by molar-refractivity contribution is -0.166. The topological polar surface area (TPSA) is 51.7 Å². The van der Waals surface area contributed by atoms with Gasteiger partial charge in [0.1, 0.15) is 0 Å². The molecule has 2 heterocycles. The number of carbonyl (C=O) groups is 1. The van der Waals surface area contributed by atoms with Gasteiger partial charge in [-0.3, -0.25) is 9.88 Å². The number of benzene rings is 1. The second-order valence-electron chi connectivity index (χ2n) is 6.09. The number of esters is 1. The molecule has 1 aromatic carbocycles. The third-order valence-corrected chi connectivity index (χ3v) is 4.15. The molecule has 0 bridgehead atoms. The summed E-state index contributed by atoms with van der Waals surface area (Å²) < 4.78 is 10.5. The van der Waals surface area contributed by atoms with E-state index in [9.17, 15) is 4.79 Å². The van der Waals surface area contributed by atoms with E-state index in [0.29, 0.717) is 6.54 Å². The third kappa shape index (κ3) is 3.99. The molecule has 0 unspecified atom stereocenters. The Kier molecular flexibility index (Phi) is 5.23. The Balaban J connectivity index is 1.72. The summed E-state index contributed by atoms with van der Waals surface area (Å²) in [7, 11) is 1.40. The minimum atomic E-state index is -0.512. The summed E-state index contributed by atoms with van der Waals surface area (Å²) in [4.78, 5) is 18.1. The average molecular weight is 326 g/mol. The van der Waals surface area contributed by atoms with Gasteiger partial charge in [0.2, 0.25) is 0 Å². The van der Waals surface area contributed by atoms with Crippen LogP contribution in [0.3, 0.4) is 0 Å². The number of methoxy groups -OCH3 is 1. The fraction of sp³-hybridized carbons (Fsp3) is 0.368. The van der Waals surface area contributed by atoms with E-state index in [2.05, 4.69) is 34.1 Å². The lowest BCUT2D eigenvalue weighted by Gasteiger charge is -2.35. The van der Waals surface area contributed by atoms with Crippen molar-refractivity contribution in [1.29, 1.82) is 0 Å². The van der Waals surface area contributed by atoms with E-state index in [0.717, 1.165) is 18.7 Å². The van der Waals surface area contributed by atoms with E-state index in [4.69, 9.17) is 9.47 Å². The molecule has 0 saturated carbocycles. The van der Waals surface area contributed by atoms with Gasteiger partial charge in [0.25, 0.3) is 0 Å². The molecule has 2 atom stereocenters. The van der Waals surface area contributed by atoms with Crippen LogP contribution in [-0.4, -0.2) is 48.3 Å². The second kappa shape index (κ2) is 7.55. The van der Waals surface area contributed by atoms with E-state index >= 15 is 0 Å². The maximum atomic E-state index is 11.8. The van der Waals surface area contributed by atoms with Gasteiger partial charge in [-0.15, -0.1) is 0 Å². The summed E-state index contributed by atoms with van der Waals surface area (Å²) in [5.41, 5.74) is 3.53. The Hall–Kier alpha value is -2.24. The van der Waals surface area contributed by atoms with Crippen LogP contribution in [-0.2, 0) is 20.8 Å². The Morgan fingerprint density at radius 2 is 2.04 bits per heavy atom. The first-order chi connectivity index (χ1) is 11.7. The van der Waals surface area contributed by atoms with Gasteiger partial charge in [-0.05, 0) is 41.8 Å². The summed E-state index contributed by atoms with van der Waals surface area (Å²) in [5, 5.41) is 0. The van der Waals surface area contributed by atoms with Crippen LogP contribution < -0.4 is 0 Å². The number of hydrogen-bond acceptors (Lipinski definition) is 5. The van der Waals surface area contributed by atoms with Crippen molar-refractivity contribution in [2.24, 2.45) is 0 Å². The fourth-order valence-corrected chi connectivity index (χ4v) is 3.08. The molecule has 126 valence electrons. The number of nitrogens with zero attached hydrogens (tertiary/aromatic N) is 2. The molecule has 3 rings (SSSR count). The molecule has 0 radical (unpaired) electrons. The molecule has 0 amide bonds. The van der Waals surface area contributed by atoms with Crippen LogP contribution in [0.1, 0.15) is 12.5 Å². The van der Waals surface area contributed by atoms with Gasteiger partial charge in [-0.1, -0.05) is 18.2 Å². The highest BCUT2D eigenvalue weighted by atomic mass is 16.6. The van der Waals surface area contributed by atoms with Crippen molar-refractivity contribution in [3.63, 3.8) is 0 Å². The smallest absolute Gasteiger partial charge is 0.336 e. The zero-order valence-electron chi connectivity index (χ0n) is 14.0. The first-order valence-electron chi connectivity index (χ1n) is 8.10. The Morgan fingerprint density at radius 3 is 2.79 bits per heavy atom. The maximum Gasteiger partial charge on any atom is 0.336 e. The average Bonchev–Trinajstić information content (AvgIpc) is 2.61. The Labute approximate surface area is 142 Å². The number of ether oxygens (including phenoxy) is 2. The molecule has 5 nitrogen and oxygen atoms in total. The summed E-state index contributed by atoms with van der Waals surface area (Å²) in [6.45, 7) is 4.11. The summed E-state index contributed by atoms with van der Waals surface area (Å²) in [6, 6.07) is 12.5. The molecule has 0 spiro atoms. The number of carbonyl (C=O) groups excluding carboxylic acids is 1. The summed E-state index contributed by atoms with van der Waals surface area (Å²) in [5.74, 6) is -0.308. The van der Waals surface area contributed by atoms with Gasteiger partial charge < -0.3 is 9.47 Å². The quantitative estimate of drug-likeness (QED) is 0.808. The van der Waals surface area contributed by atoms with Crippen molar-refractivity contribution in [3.8, 4) is 11.1 Å². The number of hydrogen-bond donors (Lipinski definition) is 0. The van der Waals surface area contributed by atoms with Crippen LogP contribution in [0.15, 0.2) is 48.8 Å².